The molecule has 7 nitrogen and oxygen atoms in total. The van der Waals surface area contributed by atoms with Gasteiger partial charge < -0.3 is 14.9 Å². The van der Waals surface area contributed by atoms with E-state index in [9.17, 15) is 14.7 Å². The van der Waals surface area contributed by atoms with Crippen molar-refractivity contribution in [3.05, 3.63) is 64.4 Å². The first-order valence-corrected chi connectivity index (χ1v) is 10.2. The minimum Gasteiger partial charge on any atom is -0.478 e. The normalized spacial score (nSPS) is 19.7. The predicted octanol–water partition coefficient (Wildman–Crippen LogP) is 4.09. The Morgan fingerprint density at radius 1 is 1.20 bits per heavy atom. The van der Waals surface area contributed by atoms with Gasteiger partial charge in [-0.15, -0.1) is 0 Å². The molecule has 0 aliphatic carbocycles. The number of carbonyl (C=O) groups is 2. The Labute approximate surface area is 180 Å². The molecular formula is C22H25ClN2O5. The molecule has 0 spiro atoms. The lowest BCUT2D eigenvalue weighted by Crippen LogP contribution is -2.45. The third-order valence-electron chi connectivity index (χ3n) is 5.22. The number of aromatic nitrogens is 1. The number of aromatic carboxylic acids is 1. The van der Waals surface area contributed by atoms with Crippen molar-refractivity contribution in [2.45, 2.75) is 57.4 Å². The van der Waals surface area contributed by atoms with E-state index in [-0.39, 0.29) is 17.7 Å². The third kappa shape index (κ3) is 5.09. The highest BCUT2D eigenvalue weighted by Gasteiger charge is 2.42. The van der Waals surface area contributed by atoms with Crippen LogP contribution in [-0.2, 0) is 11.2 Å². The van der Waals surface area contributed by atoms with E-state index in [0.29, 0.717) is 30.0 Å². The Hall–Kier alpha value is -2.64. The second kappa shape index (κ2) is 9.45. The van der Waals surface area contributed by atoms with E-state index in [1.807, 2.05) is 0 Å². The number of ether oxygens (including phenoxy) is 1. The van der Waals surface area contributed by atoms with Gasteiger partial charge in [0.05, 0.1) is 17.7 Å². The second-order valence-corrected chi connectivity index (χ2v) is 8.09. The summed E-state index contributed by atoms with van der Waals surface area (Å²) < 4.78 is 5.45. The molecule has 0 radical (unpaired) electrons. The number of hydrogen-bond donors (Lipinski definition) is 2. The van der Waals surface area contributed by atoms with Gasteiger partial charge in [0, 0.05) is 17.8 Å². The molecular weight excluding hydrogens is 408 g/mol. The van der Waals surface area contributed by atoms with E-state index >= 15 is 0 Å². The van der Waals surface area contributed by atoms with Crippen molar-refractivity contribution in [1.82, 2.24) is 9.88 Å². The number of carboxylic acid groups (broad SMARTS) is 1. The Morgan fingerprint density at radius 2 is 1.90 bits per heavy atom. The molecule has 0 saturated carbocycles. The molecule has 2 N–H and O–H groups in total. The molecule has 3 rings (SSSR count). The fourth-order valence-electron chi connectivity index (χ4n) is 3.81. The van der Waals surface area contributed by atoms with Gasteiger partial charge in [-0.1, -0.05) is 29.8 Å². The van der Waals surface area contributed by atoms with E-state index in [4.69, 9.17) is 21.4 Å². The van der Waals surface area contributed by atoms with Crippen LogP contribution in [0.15, 0.2) is 42.6 Å². The maximum atomic E-state index is 12.9. The SMILES string of the molecule is CC(C)OC(=O)N1[C@H](Cc2ccc(C(=O)O)cc2)CC[C@@H]1[C@H](O)c1ccc(Cl)nc1. The van der Waals surface area contributed by atoms with E-state index in [2.05, 4.69) is 4.98 Å². The van der Waals surface area contributed by atoms with Crippen molar-refractivity contribution in [1.29, 1.82) is 0 Å². The summed E-state index contributed by atoms with van der Waals surface area (Å²) in [6, 6.07) is 9.28. The molecule has 3 atom stereocenters. The van der Waals surface area contributed by atoms with Gasteiger partial charge in [0.2, 0.25) is 0 Å². The number of rotatable bonds is 6. The minimum absolute atomic E-state index is 0.174. The summed E-state index contributed by atoms with van der Waals surface area (Å²) in [7, 11) is 0. The monoisotopic (exact) mass is 432 g/mol. The number of likely N-dealkylation sites (tertiary alicyclic amines) is 1. The van der Waals surface area contributed by atoms with Crippen LogP contribution in [0.1, 0.15) is 54.3 Å². The number of nitrogens with zero attached hydrogens (tertiary/aromatic N) is 2. The summed E-state index contributed by atoms with van der Waals surface area (Å²) in [5.74, 6) is -0.982. The van der Waals surface area contributed by atoms with Crippen molar-refractivity contribution in [3.8, 4) is 0 Å². The fraction of sp³-hybridized carbons (Fsp3) is 0.409. The van der Waals surface area contributed by atoms with Gasteiger partial charge >= 0.3 is 12.1 Å². The predicted molar refractivity (Wildman–Crippen MR) is 112 cm³/mol. The Kier molecular flexibility index (Phi) is 6.95. The lowest BCUT2D eigenvalue weighted by Gasteiger charge is -2.33. The van der Waals surface area contributed by atoms with Gasteiger partial charge in [-0.25, -0.2) is 14.6 Å². The molecule has 1 aliphatic heterocycles. The highest BCUT2D eigenvalue weighted by Crippen LogP contribution is 2.35. The van der Waals surface area contributed by atoms with Crippen molar-refractivity contribution >= 4 is 23.7 Å². The van der Waals surface area contributed by atoms with E-state index in [1.165, 1.54) is 6.20 Å². The first-order valence-electron chi connectivity index (χ1n) is 9.87. The van der Waals surface area contributed by atoms with Crippen LogP contribution in [0.25, 0.3) is 0 Å². The molecule has 1 fully saturated rings. The highest BCUT2D eigenvalue weighted by atomic mass is 35.5. The van der Waals surface area contributed by atoms with Crippen LogP contribution >= 0.6 is 11.6 Å². The molecule has 2 aromatic rings. The van der Waals surface area contributed by atoms with E-state index in [0.717, 1.165) is 5.56 Å². The summed E-state index contributed by atoms with van der Waals surface area (Å²) in [6.07, 6.45) is 1.66. The van der Waals surface area contributed by atoms with Gasteiger partial charge in [-0.3, -0.25) is 4.90 Å². The molecule has 2 heterocycles. The van der Waals surface area contributed by atoms with Crippen LogP contribution in [0.2, 0.25) is 5.15 Å². The van der Waals surface area contributed by atoms with Gasteiger partial charge in [0.15, 0.2) is 0 Å². The van der Waals surface area contributed by atoms with Crippen molar-refractivity contribution in [3.63, 3.8) is 0 Å². The van der Waals surface area contributed by atoms with Crippen LogP contribution in [0, 0.1) is 0 Å². The van der Waals surface area contributed by atoms with Crippen LogP contribution in [0.3, 0.4) is 0 Å². The van der Waals surface area contributed by atoms with E-state index in [1.54, 1.807) is 55.1 Å². The van der Waals surface area contributed by atoms with Gasteiger partial charge in [0.25, 0.3) is 0 Å². The minimum atomic E-state index is -0.982. The maximum Gasteiger partial charge on any atom is 0.410 e. The van der Waals surface area contributed by atoms with E-state index < -0.39 is 24.2 Å². The second-order valence-electron chi connectivity index (χ2n) is 7.70. The average molecular weight is 433 g/mol. The number of carbonyl (C=O) groups excluding carboxylic acids is 1. The smallest absolute Gasteiger partial charge is 0.410 e. The highest BCUT2D eigenvalue weighted by molar-refractivity contribution is 6.29. The number of benzene rings is 1. The van der Waals surface area contributed by atoms with Crippen LogP contribution < -0.4 is 0 Å². The Morgan fingerprint density at radius 3 is 2.47 bits per heavy atom. The van der Waals surface area contributed by atoms with Crippen molar-refractivity contribution in [2.75, 3.05) is 0 Å². The summed E-state index contributed by atoms with van der Waals surface area (Å²) in [5, 5.41) is 20.3. The molecule has 30 heavy (non-hydrogen) atoms. The Balaban J connectivity index is 1.82. The van der Waals surface area contributed by atoms with Gasteiger partial charge in [-0.2, -0.15) is 0 Å². The topological polar surface area (TPSA) is 100.0 Å². The van der Waals surface area contributed by atoms with Gasteiger partial charge in [-0.05, 0) is 56.9 Å². The molecule has 1 aromatic carbocycles. The fourth-order valence-corrected chi connectivity index (χ4v) is 3.92. The summed E-state index contributed by atoms with van der Waals surface area (Å²) in [4.78, 5) is 29.6. The number of pyridine rings is 1. The molecule has 0 bridgehead atoms. The zero-order valence-corrected chi connectivity index (χ0v) is 17.6. The largest absolute Gasteiger partial charge is 0.478 e. The zero-order chi connectivity index (χ0) is 21.8. The molecule has 1 aliphatic rings. The molecule has 1 amide bonds. The lowest BCUT2D eigenvalue weighted by atomic mass is 10.0. The first kappa shape index (κ1) is 22.1. The number of carboxylic acids is 1. The quantitative estimate of drug-likeness (QED) is 0.667. The average Bonchev–Trinajstić information content (AvgIpc) is 3.11. The Bertz CT molecular complexity index is 885. The molecule has 160 valence electrons. The summed E-state index contributed by atoms with van der Waals surface area (Å²) >= 11 is 5.84. The molecule has 8 heteroatoms. The number of aliphatic hydroxyl groups is 1. The third-order valence-corrected chi connectivity index (χ3v) is 5.45. The number of halogens is 1. The van der Waals surface area contributed by atoms with Crippen LogP contribution in [-0.4, -0.2) is 50.3 Å². The standard InChI is InChI=1S/C22H25ClN2O5/c1-13(2)30-22(29)25-17(11-14-3-5-15(6-4-14)21(27)28)8-9-18(25)20(26)16-7-10-19(23)24-12-16/h3-7,10,12-13,17-18,20,26H,8-9,11H2,1-2H3,(H,27,28)/t17-,18+,20+/m0/s1. The van der Waals surface area contributed by atoms with Crippen molar-refractivity contribution < 1.29 is 24.5 Å². The summed E-state index contributed by atoms with van der Waals surface area (Å²) in [5.41, 5.74) is 1.71. The number of amides is 1. The van der Waals surface area contributed by atoms with Crippen LogP contribution in [0.5, 0.6) is 0 Å². The number of hydrogen-bond acceptors (Lipinski definition) is 5. The van der Waals surface area contributed by atoms with Gasteiger partial charge in [0.1, 0.15) is 11.3 Å². The molecule has 1 saturated heterocycles. The van der Waals surface area contributed by atoms with Crippen LogP contribution in [0.4, 0.5) is 4.79 Å². The summed E-state index contributed by atoms with van der Waals surface area (Å²) in [6.45, 7) is 3.56. The lowest BCUT2D eigenvalue weighted by molar-refractivity contribution is 0.0255. The first-order chi connectivity index (χ1) is 14.3. The van der Waals surface area contributed by atoms with Crippen molar-refractivity contribution in [2.24, 2.45) is 0 Å². The zero-order valence-electron chi connectivity index (χ0n) is 16.9. The number of aliphatic hydroxyl groups excluding tert-OH is 1. The molecule has 0 unspecified atom stereocenters. The maximum absolute atomic E-state index is 12.9. The molecule has 1 aromatic heterocycles.